The van der Waals surface area contributed by atoms with Gasteiger partial charge in [-0.25, -0.2) is 4.79 Å². The topological polar surface area (TPSA) is 101 Å². The van der Waals surface area contributed by atoms with Crippen LogP contribution in [-0.4, -0.2) is 70.9 Å². The van der Waals surface area contributed by atoms with E-state index in [2.05, 4.69) is 10.2 Å². The second-order valence-corrected chi connectivity index (χ2v) is 10.5. The lowest BCUT2D eigenvalue weighted by atomic mass is 9.89. The molecule has 2 heterocycles. The summed E-state index contributed by atoms with van der Waals surface area (Å²) < 4.78 is 2.03. The summed E-state index contributed by atoms with van der Waals surface area (Å²) in [5, 5.41) is 3.19. The fraction of sp³-hybridized carbons (Fsp3) is 0.731. The standard InChI is InChI=1S/C26H41N5O3/c1-19-22(25(27)33)16-23(31(19)17-20-8-4-2-5-9-20)24(32)18-29-12-14-30(15-13-29)26(34)28-21-10-6-3-7-11-21/h16,20-21H,2-15,17-18H2,1H3,(H2,27,33)(H,28,34). The van der Waals surface area contributed by atoms with Crippen molar-refractivity contribution in [2.45, 2.75) is 83.7 Å². The largest absolute Gasteiger partial charge is 0.366 e. The van der Waals surface area contributed by atoms with E-state index in [0.717, 1.165) is 25.1 Å². The Balaban J connectivity index is 1.34. The number of hydrogen-bond acceptors (Lipinski definition) is 4. The van der Waals surface area contributed by atoms with Crippen molar-refractivity contribution >= 4 is 17.7 Å². The van der Waals surface area contributed by atoms with Crippen LogP contribution in [0.15, 0.2) is 6.07 Å². The quantitative estimate of drug-likeness (QED) is 0.596. The van der Waals surface area contributed by atoms with Crippen molar-refractivity contribution in [3.63, 3.8) is 0 Å². The van der Waals surface area contributed by atoms with Crippen LogP contribution in [0.1, 0.15) is 90.7 Å². The number of carbonyl (C=O) groups is 3. The van der Waals surface area contributed by atoms with Gasteiger partial charge in [0.1, 0.15) is 0 Å². The molecule has 188 valence electrons. The van der Waals surface area contributed by atoms with Crippen LogP contribution in [0.4, 0.5) is 4.79 Å². The van der Waals surface area contributed by atoms with Gasteiger partial charge in [-0.05, 0) is 44.6 Å². The molecule has 3 aliphatic rings. The van der Waals surface area contributed by atoms with E-state index in [1.165, 1.54) is 51.4 Å². The van der Waals surface area contributed by atoms with Gasteiger partial charge in [0.2, 0.25) is 0 Å². The molecule has 8 nitrogen and oxygen atoms in total. The van der Waals surface area contributed by atoms with Crippen LogP contribution in [0.25, 0.3) is 0 Å². The third kappa shape index (κ3) is 6.01. The summed E-state index contributed by atoms with van der Waals surface area (Å²) in [4.78, 5) is 41.9. The molecule has 1 aromatic rings. The van der Waals surface area contributed by atoms with Crippen molar-refractivity contribution in [2.75, 3.05) is 32.7 Å². The molecule has 8 heteroatoms. The normalized spacial score (nSPS) is 20.9. The molecule has 0 bridgehead atoms. The second-order valence-electron chi connectivity index (χ2n) is 10.5. The minimum Gasteiger partial charge on any atom is -0.366 e. The van der Waals surface area contributed by atoms with Crippen LogP contribution < -0.4 is 11.1 Å². The van der Waals surface area contributed by atoms with E-state index in [9.17, 15) is 14.4 Å². The van der Waals surface area contributed by atoms with E-state index in [1.54, 1.807) is 6.07 Å². The molecule has 0 radical (unpaired) electrons. The fourth-order valence-corrected chi connectivity index (χ4v) is 5.89. The maximum absolute atomic E-state index is 13.3. The number of rotatable bonds is 7. The van der Waals surface area contributed by atoms with Crippen LogP contribution in [0, 0.1) is 12.8 Å². The summed E-state index contributed by atoms with van der Waals surface area (Å²) in [6.45, 7) is 5.56. The summed E-state index contributed by atoms with van der Waals surface area (Å²) in [6, 6.07) is 2.03. The summed E-state index contributed by atoms with van der Waals surface area (Å²) in [5.41, 5.74) is 7.44. The Bertz CT molecular complexity index is 875. The Morgan fingerprint density at radius 2 is 1.56 bits per heavy atom. The van der Waals surface area contributed by atoms with Gasteiger partial charge in [-0.3, -0.25) is 14.5 Å². The van der Waals surface area contributed by atoms with E-state index in [4.69, 9.17) is 5.73 Å². The SMILES string of the molecule is Cc1c(C(N)=O)cc(C(=O)CN2CCN(C(=O)NC3CCCCC3)CC2)n1CC1CCCCC1. The molecular weight excluding hydrogens is 430 g/mol. The smallest absolute Gasteiger partial charge is 0.317 e. The maximum Gasteiger partial charge on any atom is 0.317 e. The van der Waals surface area contributed by atoms with Crippen LogP contribution in [0.2, 0.25) is 0 Å². The molecule has 4 rings (SSSR count). The number of nitrogens with two attached hydrogens (primary N) is 1. The highest BCUT2D eigenvalue weighted by molar-refractivity contribution is 6.01. The molecule has 0 spiro atoms. The third-order valence-electron chi connectivity index (χ3n) is 8.04. The van der Waals surface area contributed by atoms with Gasteiger partial charge in [-0.2, -0.15) is 0 Å². The first-order valence-corrected chi connectivity index (χ1v) is 13.2. The molecule has 0 unspecified atom stereocenters. The van der Waals surface area contributed by atoms with Gasteiger partial charge < -0.3 is 20.5 Å². The Morgan fingerprint density at radius 1 is 0.941 bits per heavy atom. The number of ketones is 1. The van der Waals surface area contributed by atoms with Crippen molar-refractivity contribution in [1.29, 1.82) is 0 Å². The van der Waals surface area contributed by atoms with Crippen LogP contribution in [0.3, 0.4) is 0 Å². The first-order valence-electron chi connectivity index (χ1n) is 13.2. The Labute approximate surface area is 203 Å². The molecule has 1 saturated heterocycles. The first kappa shape index (κ1) is 24.8. The van der Waals surface area contributed by atoms with Gasteiger partial charge in [-0.1, -0.05) is 38.5 Å². The number of aromatic nitrogens is 1. The number of amides is 3. The van der Waals surface area contributed by atoms with E-state index in [0.29, 0.717) is 55.9 Å². The summed E-state index contributed by atoms with van der Waals surface area (Å²) in [5.74, 6) is 0.0800. The van der Waals surface area contributed by atoms with Gasteiger partial charge in [0.25, 0.3) is 5.91 Å². The van der Waals surface area contributed by atoms with Crippen molar-refractivity contribution in [3.05, 3.63) is 23.0 Å². The molecule has 1 aromatic heterocycles. The first-order chi connectivity index (χ1) is 16.4. The zero-order valence-electron chi connectivity index (χ0n) is 20.7. The van der Waals surface area contributed by atoms with Crippen LogP contribution >= 0.6 is 0 Å². The fourth-order valence-electron chi connectivity index (χ4n) is 5.89. The number of primary amides is 1. The van der Waals surface area contributed by atoms with E-state index in [-0.39, 0.29) is 11.8 Å². The number of Topliss-reactive ketones (excluding diaryl/α,β-unsaturated/α-hetero) is 1. The van der Waals surface area contributed by atoms with Gasteiger partial charge in [0.15, 0.2) is 5.78 Å². The van der Waals surface area contributed by atoms with Gasteiger partial charge >= 0.3 is 6.03 Å². The van der Waals surface area contributed by atoms with E-state index >= 15 is 0 Å². The second kappa shape index (κ2) is 11.4. The molecule has 2 aliphatic carbocycles. The van der Waals surface area contributed by atoms with Crippen molar-refractivity contribution in [2.24, 2.45) is 11.7 Å². The monoisotopic (exact) mass is 471 g/mol. The molecule has 1 aliphatic heterocycles. The Morgan fingerprint density at radius 3 is 2.18 bits per heavy atom. The molecule has 3 amide bonds. The minimum absolute atomic E-state index is 0.0199. The highest BCUT2D eigenvalue weighted by Crippen LogP contribution is 2.28. The summed E-state index contributed by atoms with van der Waals surface area (Å²) >= 11 is 0. The number of nitrogens with one attached hydrogen (secondary N) is 1. The average Bonchev–Trinajstić information content (AvgIpc) is 3.17. The zero-order chi connectivity index (χ0) is 24.1. The number of hydrogen-bond donors (Lipinski definition) is 2. The summed E-state index contributed by atoms with van der Waals surface area (Å²) in [7, 11) is 0. The highest BCUT2D eigenvalue weighted by Gasteiger charge is 2.28. The third-order valence-corrected chi connectivity index (χ3v) is 8.04. The summed E-state index contributed by atoms with van der Waals surface area (Å²) in [6.07, 6.45) is 11.9. The lowest BCUT2D eigenvalue weighted by Gasteiger charge is -2.35. The zero-order valence-corrected chi connectivity index (χ0v) is 20.7. The number of nitrogens with zero attached hydrogens (tertiary/aromatic N) is 3. The Hall–Kier alpha value is -2.35. The van der Waals surface area contributed by atoms with Gasteiger partial charge in [-0.15, -0.1) is 0 Å². The molecular formula is C26H41N5O3. The molecule has 34 heavy (non-hydrogen) atoms. The molecule has 2 saturated carbocycles. The number of urea groups is 1. The van der Waals surface area contributed by atoms with E-state index in [1.807, 2.05) is 16.4 Å². The van der Waals surface area contributed by atoms with Crippen molar-refractivity contribution in [1.82, 2.24) is 19.7 Å². The van der Waals surface area contributed by atoms with Crippen molar-refractivity contribution < 1.29 is 14.4 Å². The molecule has 0 aromatic carbocycles. The molecule has 3 fully saturated rings. The maximum atomic E-state index is 13.3. The van der Waals surface area contributed by atoms with E-state index < -0.39 is 5.91 Å². The van der Waals surface area contributed by atoms with Crippen molar-refractivity contribution in [3.8, 4) is 0 Å². The predicted molar refractivity (Wildman–Crippen MR) is 132 cm³/mol. The average molecular weight is 472 g/mol. The van der Waals surface area contributed by atoms with Crippen LogP contribution in [0.5, 0.6) is 0 Å². The highest BCUT2D eigenvalue weighted by atomic mass is 16.2. The number of piperazine rings is 1. The molecule has 0 atom stereocenters. The minimum atomic E-state index is -0.480. The lowest BCUT2D eigenvalue weighted by molar-refractivity contribution is 0.0865. The number of carbonyl (C=O) groups excluding carboxylic acids is 3. The van der Waals surface area contributed by atoms with Gasteiger partial charge in [0.05, 0.1) is 17.8 Å². The molecule has 3 N–H and O–H groups in total. The van der Waals surface area contributed by atoms with Crippen LogP contribution in [-0.2, 0) is 6.54 Å². The Kier molecular flexibility index (Phi) is 8.29. The van der Waals surface area contributed by atoms with Gasteiger partial charge in [0, 0.05) is 44.5 Å². The predicted octanol–water partition coefficient (Wildman–Crippen LogP) is 3.32. The lowest BCUT2D eigenvalue weighted by Crippen LogP contribution is -2.54.